The van der Waals surface area contributed by atoms with Gasteiger partial charge in [-0.05, 0) is 37.7 Å². The van der Waals surface area contributed by atoms with E-state index >= 15 is 0 Å². The van der Waals surface area contributed by atoms with Crippen molar-refractivity contribution in [3.05, 3.63) is 22.8 Å². The molecule has 15 heavy (non-hydrogen) atoms. The fraction of sp³-hybridized carbons (Fsp3) is 0.583. The molecule has 1 unspecified atom stereocenters. The van der Waals surface area contributed by atoms with Crippen molar-refractivity contribution in [3.8, 4) is 0 Å². The van der Waals surface area contributed by atoms with Crippen LogP contribution in [0.1, 0.15) is 33.1 Å². The van der Waals surface area contributed by atoms with Crippen molar-refractivity contribution in [2.45, 2.75) is 33.1 Å². The molecule has 0 bridgehead atoms. The van der Waals surface area contributed by atoms with Crippen LogP contribution in [0.15, 0.2) is 22.8 Å². The van der Waals surface area contributed by atoms with Crippen molar-refractivity contribution < 1.29 is 9.53 Å². The van der Waals surface area contributed by atoms with E-state index in [4.69, 9.17) is 16.3 Å². The molecule has 0 heterocycles. The molecule has 1 aliphatic rings. The zero-order valence-corrected chi connectivity index (χ0v) is 10.0. The lowest BCUT2D eigenvalue weighted by atomic mass is 9.90. The van der Waals surface area contributed by atoms with Crippen LogP contribution in [0.4, 0.5) is 0 Å². The molecule has 0 aliphatic heterocycles. The highest BCUT2D eigenvalue weighted by molar-refractivity contribution is 6.30. The van der Waals surface area contributed by atoms with E-state index in [1.165, 1.54) is 6.08 Å². The molecule has 0 aromatic heterocycles. The van der Waals surface area contributed by atoms with Crippen molar-refractivity contribution in [2.24, 2.45) is 5.92 Å². The number of allylic oxidation sites excluding steroid dienone is 3. The van der Waals surface area contributed by atoms with Gasteiger partial charge in [-0.2, -0.15) is 0 Å². The van der Waals surface area contributed by atoms with Gasteiger partial charge in [0.25, 0.3) is 0 Å². The van der Waals surface area contributed by atoms with Gasteiger partial charge in [0, 0.05) is 11.1 Å². The van der Waals surface area contributed by atoms with E-state index in [0.29, 0.717) is 12.5 Å². The Morgan fingerprint density at radius 1 is 1.67 bits per heavy atom. The molecule has 0 radical (unpaired) electrons. The molecule has 0 spiro atoms. The molecular weight excluding hydrogens is 212 g/mol. The minimum absolute atomic E-state index is 0.298. The summed E-state index contributed by atoms with van der Waals surface area (Å²) in [7, 11) is 0. The molecule has 0 N–H and O–H groups in total. The highest BCUT2D eigenvalue weighted by Gasteiger charge is 2.14. The minimum atomic E-state index is -0.298. The van der Waals surface area contributed by atoms with Gasteiger partial charge in [-0.15, -0.1) is 0 Å². The quantitative estimate of drug-likeness (QED) is 0.547. The van der Waals surface area contributed by atoms with Gasteiger partial charge in [-0.3, -0.25) is 0 Å². The number of hydrogen-bond donors (Lipinski definition) is 0. The summed E-state index contributed by atoms with van der Waals surface area (Å²) in [5, 5.41) is 0.883. The molecule has 0 saturated heterocycles. The summed E-state index contributed by atoms with van der Waals surface area (Å²) in [4.78, 5) is 11.1. The molecule has 2 nitrogen and oxygen atoms in total. The highest BCUT2D eigenvalue weighted by atomic mass is 35.5. The summed E-state index contributed by atoms with van der Waals surface area (Å²) < 4.78 is 4.80. The van der Waals surface area contributed by atoms with E-state index in [9.17, 15) is 4.79 Å². The third-order valence-corrected chi connectivity index (χ3v) is 2.91. The Hall–Kier alpha value is -0.760. The molecule has 0 aromatic rings. The van der Waals surface area contributed by atoms with Crippen molar-refractivity contribution in [3.63, 3.8) is 0 Å². The molecule has 0 aromatic carbocycles. The summed E-state index contributed by atoms with van der Waals surface area (Å²) >= 11 is 6.08. The lowest BCUT2D eigenvalue weighted by Crippen LogP contribution is -2.05. The molecule has 1 aliphatic carbocycles. The fourth-order valence-electron chi connectivity index (χ4n) is 1.64. The Balaban J connectivity index is 2.59. The van der Waals surface area contributed by atoms with E-state index in [0.717, 1.165) is 29.9 Å². The van der Waals surface area contributed by atoms with E-state index in [2.05, 4.69) is 6.92 Å². The van der Waals surface area contributed by atoms with Crippen LogP contribution in [0.25, 0.3) is 0 Å². The van der Waals surface area contributed by atoms with Crippen LogP contribution in [0.3, 0.4) is 0 Å². The summed E-state index contributed by atoms with van der Waals surface area (Å²) in [6, 6.07) is 0. The molecule has 1 atom stereocenters. The lowest BCUT2D eigenvalue weighted by Gasteiger charge is -2.19. The summed E-state index contributed by atoms with van der Waals surface area (Å²) in [5.74, 6) is 0.349. The van der Waals surface area contributed by atoms with E-state index < -0.39 is 0 Å². The van der Waals surface area contributed by atoms with Gasteiger partial charge < -0.3 is 4.74 Å². The Bertz CT molecular complexity index is 292. The average Bonchev–Trinajstić information content (AvgIpc) is 2.20. The second-order valence-electron chi connectivity index (χ2n) is 3.86. The first-order valence-corrected chi connectivity index (χ1v) is 5.73. The average molecular weight is 229 g/mol. The second kappa shape index (κ2) is 5.96. The van der Waals surface area contributed by atoms with E-state index in [1.807, 2.05) is 0 Å². The predicted molar refractivity (Wildman–Crippen MR) is 61.7 cm³/mol. The molecule has 1 rings (SSSR count). The monoisotopic (exact) mass is 228 g/mol. The van der Waals surface area contributed by atoms with Gasteiger partial charge in [0.2, 0.25) is 0 Å². The van der Waals surface area contributed by atoms with Gasteiger partial charge in [-0.1, -0.05) is 24.6 Å². The number of carbonyl (C=O) groups is 1. The normalized spacial score (nSPS) is 22.2. The van der Waals surface area contributed by atoms with Gasteiger partial charge in [0.05, 0.1) is 6.61 Å². The van der Waals surface area contributed by atoms with Crippen molar-refractivity contribution in [1.82, 2.24) is 0 Å². The van der Waals surface area contributed by atoms with Crippen molar-refractivity contribution in [1.29, 1.82) is 0 Å². The molecule has 0 amide bonds. The largest absolute Gasteiger partial charge is 0.463 e. The topological polar surface area (TPSA) is 26.3 Å². The Morgan fingerprint density at radius 2 is 2.40 bits per heavy atom. The zero-order chi connectivity index (χ0) is 11.3. The molecule has 0 fully saturated rings. The summed E-state index contributed by atoms with van der Waals surface area (Å²) in [5.41, 5.74) is 1.07. The van der Waals surface area contributed by atoms with E-state index in [-0.39, 0.29) is 5.97 Å². The smallest absolute Gasteiger partial charge is 0.330 e. The maximum atomic E-state index is 11.1. The van der Waals surface area contributed by atoms with Crippen LogP contribution in [0, 0.1) is 5.92 Å². The zero-order valence-electron chi connectivity index (χ0n) is 9.25. The first-order valence-electron chi connectivity index (χ1n) is 5.35. The fourth-order valence-corrected chi connectivity index (χ4v) is 1.89. The lowest BCUT2D eigenvalue weighted by molar-refractivity contribution is -0.137. The van der Waals surface area contributed by atoms with Gasteiger partial charge >= 0.3 is 5.97 Å². The maximum absolute atomic E-state index is 11.1. The standard InChI is InChI=1S/C12H17ClO2/c1-3-15-12(14)7-5-10-8-9(2)4-6-11(10)13/h5,7,9H,3-4,6,8H2,1-2H3/b7-5+. The first-order chi connectivity index (χ1) is 7.13. The number of ether oxygens (including phenoxy) is 1. The maximum Gasteiger partial charge on any atom is 0.330 e. The van der Waals surface area contributed by atoms with Crippen molar-refractivity contribution >= 4 is 17.6 Å². The number of halogens is 1. The van der Waals surface area contributed by atoms with Gasteiger partial charge in [0.15, 0.2) is 0 Å². The summed E-state index contributed by atoms with van der Waals surface area (Å²) in [6.07, 6.45) is 6.25. The van der Waals surface area contributed by atoms with Gasteiger partial charge in [-0.25, -0.2) is 4.79 Å². The summed E-state index contributed by atoms with van der Waals surface area (Å²) in [6.45, 7) is 4.40. The predicted octanol–water partition coefficient (Wildman–Crippen LogP) is 3.42. The Kier molecular flexibility index (Phi) is 4.89. The third-order valence-electron chi connectivity index (χ3n) is 2.48. The van der Waals surface area contributed by atoms with E-state index in [1.54, 1.807) is 13.0 Å². The number of carbonyl (C=O) groups excluding carboxylic acids is 1. The Labute approximate surface area is 95.9 Å². The van der Waals surface area contributed by atoms with Crippen LogP contribution in [0.5, 0.6) is 0 Å². The third kappa shape index (κ3) is 4.08. The van der Waals surface area contributed by atoms with Crippen LogP contribution >= 0.6 is 11.6 Å². The second-order valence-corrected chi connectivity index (χ2v) is 4.32. The van der Waals surface area contributed by atoms with Gasteiger partial charge in [0.1, 0.15) is 0 Å². The van der Waals surface area contributed by atoms with Crippen LogP contribution in [-0.4, -0.2) is 12.6 Å². The Morgan fingerprint density at radius 3 is 3.07 bits per heavy atom. The van der Waals surface area contributed by atoms with Crippen LogP contribution < -0.4 is 0 Å². The van der Waals surface area contributed by atoms with Crippen molar-refractivity contribution in [2.75, 3.05) is 6.61 Å². The number of hydrogen-bond acceptors (Lipinski definition) is 2. The minimum Gasteiger partial charge on any atom is -0.463 e. The number of esters is 1. The molecular formula is C12H17ClO2. The SMILES string of the molecule is CCOC(=O)/C=C/C1=C(Cl)CCC(C)C1. The van der Waals surface area contributed by atoms with Crippen LogP contribution in [0.2, 0.25) is 0 Å². The number of rotatable bonds is 3. The molecule has 3 heteroatoms. The first kappa shape index (κ1) is 12.3. The highest BCUT2D eigenvalue weighted by Crippen LogP contribution is 2.31. The van der Waals surface area contributed by atoms with Crippen LogP contribution in [-0.2, 0) is 9.53 Å². The molecule has 84 valence electrons. The molecule has 0 saturated carbocycles.